The predicted molar refractivity (Wildman–Crippen MR) is 114 cm³/mol. The van der Waals surface area contributed by atoms with E-state index >= 15 is 0 Å². The van der Waals surface area contributed by atoms with Crippen LogP contribution in [0.3, 0.4) is 0 Å². The third-order valence-corrected chi connectivity index (χ3v) is 6.38. The van der Waals surface area contributed by atoms with E-state index in [-0.39, 0.29) is 5.91 Å². The summed E-state index contributed by atoms with van der Waals surface area (Å²) in [5.41, 5.74) is 1.64. The number of hydrogen-bond acceptors (Lipinski definition) is 3. The molecule has 1 fully saturated rings. The van der Waals surface area contributed by atoms with Crippen LogP contribution in [-0.2, 0) is 4.79 Å². The summed E-state index contributed by atoms with van der Waals surface area (Å²) in [4.78, 5) is 14.8. The van der Waals surface area contributed by atoms with E-state index < -0.39 is 0 Å². The molecular formula is C16H8BrClINOS2. The minimum atomic E-state index is -0.128. The van der Waals surface area contributed by atoms with Crippen LogP contribution in [0.5, 0.6) is 0 Å². The Balaban J connectivity index is 1.93. The molecule has 0 aromatic heterocycles. The number of nitrogens with zero attached hydrogens (tertiary/aromatic N) is 1. The standard InChI is InChI=1S/C16H8BrClINOS2/c17-12-6-5-11(8-13(12)18)20-15(21)14(23-16(20)22)7-9-1-3-10(19)4-2-9/h1-8H/b14-7-. The van der Waals surface area contributed by atoms with Gasteiger partial charge in [0.1, 0.15) is 0 Å². The van der Waals surface area contributed by atoms with Gasteiger partial charge in [-0.2, -0.15) is 0 Å². The molecule has 0 aliphatic carbocycles. The minimum Gasteiger partial charge on any atom is -0.268 e. The summed E-state index contributed by atoms with van der Waals surface area (Å²) in [5, 5.41) is 0.540. The van der Waals surface area contributed by atoms with Crippen molar-refractivity contribution in [2.24, 2.45) is 0 Å². The normalized spacial score (nSPS) is 16.5. The molecule has 0 N–H and O–H groups in total. The summed E-state index contributed by atoms with van der Waals surface area (Å²) in [7, 11) is 0. The lowest BCUT2D eigenvalue weighted by molar-refractivity contribution is -0.113. The van der Waals surface area contributed by atoms with Gasteiger partial charge in [0.25, 0.3) is 5.91 Å². The van der Waals surface area contributed by atoms with Gasteiger partial charge < -0.3 is 0 Å². The monoisotopic (exact) mass is 535 g/mol. The van der Waals surface area contributed by atoms with E-state index in [1.54, 1.807) is 12.1 Å². The fraction of sp³-hybridized carbons (Fsp3) is 0. The Kier molecular flexibility index (Phi) is 5.47. The summed E-state index contributed by atoms with van der Waals surface area (Å²) in [6.45, 7) is 0. The van der Waals surface area contributed by atoms with Crippen LogP contribution in [0.1, 0.15) is 5.56 Å². The number of hydrogen-bond donors (Lipinski definition) is 0. The molecule has 1 aliphatic heterocycles. The zero-order valence-electron chi connectivity index (χ0n) is 11.4. The van der Waals surface area contributed by atoms with E-state index in [0.717, 1.165) is 13.6 Å². The van der Waals surface area contributed by atoms with Crippen molar-refractivity contribution in [1.29, 1.82) is 0 Å². The predicted octanol–water partition coefficient (Wildman–Crippen LogP) is 6.11. The van der Waals surface area contributed by atoms with E-state index in [2.05, 4.69) is 38.5 Å². The van der Waals surface area contributed by atoms with E-state index in [0.29, 0.717) is 19.9 Å². The Bertz CT molecular complexity index is 838. The molecule has 116 valence electrons. The van der Waals surface area contributed by atoms with Gasteiger partial charge in [0.2, 0.25) is 0 Å². The average Bonchev–Trinajstić information content (AvgIpc) is 2.79. The van der Waals surface area contributed by atoms with Gasteiger partial charge in [-0.1, -0.05) is 47.7 Å². The van der Waals surface area contributed by atoms with Gasteiger partial charge >= 0.3 is 0 Å². The van der Waals surface area contributed by atoms with E-state index in [4.69, 9.17) is 23.8 Å². The first-order chi connectivity index (χ1) is 11.0. The Labute approximate surface area is 170 Å². The Hall–Kier alpha value is -0.410. The molecule has 2 nitrogen and oxygen atoms in total. The lowest BCUT2D eigenvalue weighted by atomic mass is 10.2. The van der Waals surface area contributed by atoms with Crippen LogP contribution in [0.25, 0.3) is 6.08 Å². The van der Waals surface area contributed by atoms with Crippen LogP contribution in [0.2, 0.25) is 5.02 Å². The van der Waals surface area contributed by atoms with Crippen molar-refractivity contribution in [2.75, 3.05) is 4.90 Å². The van der Waals surface area contributed by atoms with E-state index in [1.807, 2.05) is 36.4 Å². The molecule has 0 bridgehead atoms. The van der Waals surface area contributed by atoms with Crippen LogP contribution in [0, 0.1) is 3.57 Å². The highest BCUT2D eigenvalue weighted by molar-refractivity contribution is 14.1. The summed E-state index contributed by atoms with van der Waals surface area (Å²) in [5.74, 6) is -0.128. The molecule has 1 aliphatic rings. The highest BCUT2D eigenvalue weighted by Gasteiger charge is 2.33. The van der Waals surface area contributed by atoms with Crippen LogP contribution in [-0.4, -0.2) is 10.2 Å². The molecule has 1 heterocycles. The maximum absolute atomic E-state index is 12.7. The molecular weight excluding hydrogens is 529 g/mol. The summed E-state index contributed by atoms with van der Waals surface area (Å²) in [6.07, 6.45) is 1.86. The molecule has 0 atom stereocenters. The number of halogens is 3. The molecule has 2 aromatic carbocycles. The quantitative estimate of drug-likeness (QED) is 0.262. The first-order valence-electron chi connectivity index (χ1n) is 6.44. The van der Waals surface area contributed by atoms with Crippen molar-refractivity contribution >= 4 is 96.1 Å². The fourth-order valence-electron chi connectivity index (χ4n) is 2.02. The Morgan fingerprint density at radius 3 is 2.57 bits per heavy atom. The number of carbonyl (C=O) groups is 1. The van der Waals surface area contributed by atoms with Gasteiger partial charge in [-0.15, -0.1) is 0 Å². The zero-order valence-corrected chi connectivity index (χ0v) is 17.6. The highest BCUT2D eigenvalue weighted by Crippen LogP contribution is 2.37. The molecule has 0 unspecified atom stereocenters. The van der Waals surface area contributed by atoms with Gasteiger partial charge in [0, 0.05) is 8.04 Å². The number of benzene rings is 2. The van der Waals surface area contributed by atoms with Crippen LogP contribution in [0.4, 0.5) is 5.69 Å². The maximum atomic E-state index is 12.7. The summed E-state index contributed by atoms with van der Waals surface area (Å²) < 4.78 is 2.43. The van der Waals surface area contributed by atoms with Crippen LogP contribution in [0.15, 0.2) is 51.8 Å². The van der Waals surface area contributed by atoms with Crippen molar-refractivity contribution in [3.63, 3.8) is 0 Å². The van der Waals surface area contributed by atoms with Gasteiger partial charge in [0.15, 0.2) is 4.32 Å². The number of rotatable bonds is 2. The van der Waals surface area contributed by atoms with Gasteiger partial charge in [-0.05, 0) is 80.5 Å². The highest BCUT2D eigenvalue weighted by atomic mass is 127. The topological polar surface area (TPSA) is 20.3 Å². The third kappa shape index (κ3) is 3.82. The molecule has 0 spiro atoms. The van der Waals surface area contributed by atoms with E-state index in [1.165, 1.54) is 16.7 Å². The van der Waals surface area contributed by atoms with Crippen molar-refractivity contribution in [3.05, 3.63) is 66.0 Å². The number of carbonyl (C=O) groups excluding carboxylic acids is 1. The molecule has 3 rings (SSSR count). The third-order valence-electron chi connectivity index (χ3n) is 3.12. The van der Waals surface area contributed by atoms with E-state index in [9.17, 15) is 4.79 Å². The van der Waals surface area contributed by atoms with Crippen LogP contribution < -0.4 is 4.90 Å². The lowest BCUT2D eigenvalue weighted by Gasteiger charge is -2.15. The van der Waals surface area contributed by atoms with Gasteiger partial charge in [0.05, 0.1) is 15.6 Å². The van der Waals surface area contributed by atoms with Crippen molar-refractivity contribution in [1.82, 2.24) is 0 Å². The summed E-state index contributed by atoms with van der Waals surface area (Å²) in [6, 6.07) is 13.3. The smallest absolute Gasteiger partial charge is 0.268 e. The second-order valence-corrected chi connectivity index (χ2v) is 8.85. The van der Waals surface area contributed by atoms with Crippen LogP contribution >= 0.6 is 74.1 Å². The van der Waals surface area contributed by atoms with Gasteiger partial charge in [-0.3, -0.25) is 9.69 Å². The molecule has 1 amide bonds. The average molecular weight is 537 g/mol. The molecule has 0 saturated carbocycles. The fourth-order valence-corrected chi connectivity index (χ4v) is 4.10. The second-order valence-electron chi connectivity index (χ2n) is 4.67. The van der Waals surface area contributed by atoms with Crippen molar-refractivity contribution in [2.45, 2.75) is 0 Å². The molecule has 2 aromatic rings. The largest absolute Gasteiger partial charge is 0.270 e. The lowest BCUT2D eigenvalue weighted by Crippen LogP contribution is -2.27. The molecule has 1 saturated heterocycles. The molecule has 7 heteroatoms. The van der Waals surface area contributed by atoms with Crippen molar-refractivity contribution < 1.29 is 4.79 Å². The molecule has 23 heavy (non-hydrogen) atoms. The number of thiocarbonyl (C=S) groups is 1. The maximum Gasteiger partial charge on any atom is 0.270 e. The first-order valence-corrected chi connectivity index (χ1v) is 9.92. The van der Waals surface area contributed by atoms with Gasteiger partial charge in [-0.25, -0.2) is 0 Å². The Morgan fingerprint density at radius 1 is 1.22 bits per heavy atom. The Morgan fingerprint density at radius 2 is 1.91 bits per heavy atom. The molecule has 0 radical (unpaired) electrons. The number of anilines is 1. The summed E-state index contributed by atoms with van der Waals surface area (Å²) >= 11 is 18.4. The number of amides is 1. The number of thioether (sulfide) groups is 1. The first kappa shape index (κ1) is 17.4. The SMILES string of the molecule is O=C1/C(=C/c2ccc(I)cc2)SC(=S)N1c1ccc(Br)c(Cl)c1. The zero-order chi connectivity index (χ0) is 16.6. The minimum absolute atomic E-state index is 0.128. The van der Waals surface area contributed by atoms with Crippen molar-refractivity contribution in [3.8, 4) is 0 Å². The second kappa shape index (κ2) is 7.23.